The fourth-order valence-corrected chi connectivity index (χ4v) is 10.3. The van der Waals surface area contributed by atoms with Crippen LogP contribution in [0.2, 0.25) is 0 Å². The number of rotatable bonds is 9. The second-order valence-corrected chi connectivity index (χ2v) is 18.2. The van der Waals surface area contributed by atoms with Crippen LogP contribution >= 0.6 is 0 Å². The Morgan fingerprint density at radius 1 is 0.239 bits per heavy atom. The van der Waals surface area contributed by atoms with Crippen LogP contribution in [0.15, 0.2) is 273 Å². The number of para-hydroxylation sites is 2. The standard InChI is InChI=1S/C68H45N3/c1-2-15-46(16-3-1)52-19-10-21-54(41-52)55-22-11-20-53(42-55)47-33-37-50(38-34-47)64-45-65(58-25-12-24-57(43-58)61-30-14-18-49-17-4-5-27-60(49)61)70-68(69-64)51-39-35-48(36-40-51)56-23-13-26-59(44-56)71-66-31-8-6-28-62(66)63-29-7-9-32-67(63)71/h1-45H. The van der Waals surface area contributed by atoms with Crippen LogP contribution in [-0.4, -0.2) is 14.5 Å². The highest BCUT2D eigenvalue weighted by Gasteiger charge is 2.16. The third-order valence-corrected chi connectivity index (χ3v) is 13.8. The van der Waals surface area contributed by atoms with Gasteiger partial charge in [-0.15, -0.1) is 0 Å². The topological polar surface area (TPSA) is 30.7 Å². The zero-order valence-electron chi connectivity index (χ0n) is 38.8. The van der Waals surface area contributed by atoms with E-state index in [0.717, 1.165) is 61.6 Å². The fourth-order valence-electron chi connectivity index (χ4n) is 10.3. The van der Waals surface area contributed by atoms with Gasteiger partial charge in [0.2, 0.25) is 0 Å². The van der Waals surface area contributed by atoms with Crippen molar-refractivity contribution in [1.29, 1.82) is 0 Å². The van der Waals surface area contributed by atoms with Crippen molar-refractivity contribution in [1.82, 2.24) is 14.5 Å². The van der Waals surface area contributed by atoms with Crippen molar-refractivity contribution in [2.24, 2.45) is 0 Å². The molecule has 0 atom stereocenters. The van der Waals surface area contributed by atoms with Crippen LogP contribution in [0.5, 0.6) is 0 Å². The summed E-state index contributed by atoms with van der Waals surface area (Å²) >= 11 is 0. The summed E-state index contributed by atoms with van der Waals surface area (Å²) in [5, 5.41) is 4.95. The van der Waals surface area contributed by atoms with Crippen LogP contribution in [0.3, 0.4) is 0 Å². The highest BCUT2D eigenvalue weighted by atomic mass is 15.0. The lowest BCUT2D eigenvalue weighted by atomic mass is 9.95. The van der Waals surface area contributed by atoms with Crippen LogP contribution < -0.4 is 0 Å². The molecule has 13 aromatic rings. The molecule has 2 heterocycles. The van der Waals surface area contributed by atoms with Crippen LogP contribution in [0, 0.1) is 0 Å². The number of aromatic nitrogens is 3. The van der Waals surface area contributed by atoms with Crippen molar-refractivity contribution in [3.63, 3.8) is 0 Å². The van der Waals surface area contributed by atoms with Crippen LogP contribution in [-0.2, 0) is 0 Å². The van der Waals surface area contributed by atoms with Gasteiger partial charge in [0.05, 0.1) is 22.4 Å². The summed E-state index contributed by atoms with van der Waals surface area (Å²) < 4.78 is 2.37. The lowest BCUT2D eigenvalue weighted by molar-refractivity contribution is 1.18. The van der Waals surface area contributed by atoms with E-state index in [9.17, 15) is 0 Å². The molecule has 0 aliphatic carbocycles. The molecule has 0 spiro atoms. The Hall–Kier alpha value is -9.44. The summed E-state index contributed by atoms with van der Waals surface area (Å²) in [6.07, 6.45) is 0. The average molecular weight is 904 g/mol. The Labute approximate surface area is 413 Å². The summed E-state index contributed by atoms with van der Waals surface area (Å²) in [5.74, 6) is 0.674. The first kappa shape index (κ1) is 41.7. The van der Waals surface area contributed by atoms with E-state index in [-0.39, 0.29) is 0 Å². The number of hydrogen-bond donors (Lipinski definition) is 0. The molecule has 0 saturated heterocycles. The first-order chi connectivity index (χ1) is 35.2. The molecule has 3 heteroatoms. The first-order valence-electron chi connectivity index (χ1n) is 24.2. The van der Waals surface area contributed by atoms with Gasteiger partial charge in [0.25, 0.3) is 0 Å². The van der Waals surface area contributed by atoms with Crippen molar-refractivity contribution in [3.05, 3.63) is 273 Å². The molecule has 0 aliphatic rings. The minimum Gasteiger partial charge on any atom is -0.309 e. The van der Waals surface area contributed by atoms with E-state index in [4.69, 9.17) is 9.97 Å². The molecular formula is C68H45N3. The number of hydrogen-bond acceptors (Lipinski definition) is 2. The molecule has 0 saturated carbocycles. The Morgan fingerprint density at radius 2 is 0.648 bits per heavy atom. The number of fused-ring (bicyclic) bond motifs is 4. The van der Waals surface area contributed by atoms with Crippen molar-refractivity contribution in [2.45, 2.75) is 0 Å². The smallest absolute Gasteiger partial charge is 0.160 e. The lowest BCUT2D eigenvalue weighted by Crippen LogP contribution is -1.96. The number of nitrogens with zero attached hydrogens (tertiary/aromatic N) is 3. The predicted octanol–water partition coefficient (Wildman–Crippen LogP) is 18.1. The molecule has 0 amide bonds. The van der Waals surface area contributed by atoms with Crippen LogP contribution in [0.1, 0.15) is 0 Å². The molecule has 71 heavy (non-hydrogen) atoms. The van der Waals surface area contributed by atoms with Crippen LogP contribution in [0.4, 0.5) is 0 Å². The second kappa shape index (κ2) is 17.9. The molecule has 0 radical (unpaired) electrons. The minimum absolute atomic E-state index is 0.674. The molecule has 332 valence electrons. The molecule has 2 aromatic heterocycles. The van der Waals surface area contributed by atoms with E-state index in [1.807, 2.05) is 0 Å². The van der Waals surface area contributed by atoms with Gasteiger partial charge in [-0.2, -0.15) is 0 Å². The maximum atomic E-state index is 5.32. The molecule has 0 fully saturated rings. The monoisotopic (exact) mass is 903 g/mol. The Kier molecular flexibility index (Phi) is 10.5. The molecule has 0 aliphatic heterocycles. The second-order valence-electron chi connectivity index (χ2n) is 18.2. The van der Waals surface area contributed by atoms with Gasteiger partial charge in [-0.25, -0.2) is 9.97 Å². The lowest BCUT2D eigenvalue weighted by Gasteiger charge is -2.13. The van der Waals surface area contributed by atoms with E-state index in [1.54, 1.807) is 0 Å². The van der Waals surface area contributed by atoms with Gasteiger partial charge in [-0.05, 0) is 115 Å². The first-order valence-corrected chi connectivity index (χ1v) is 24.2. The van der Waals surface area contributed by atoms with Crippen LogP contribution in [0.25, 0.3) is 128 Å². The van der Waals surface area contributed by atoms with Gasteiger partial charge < -0.3 is 4.57 Å². The van der Waals surface area contributed by atoms with E-state index < -0.39 is 0 Å². The molecule has 13 rings (SSSR count). The molecular weight excluding hydrogens is 859 g/mol. The summed E-state index contributed by atoms with van der Waals surface area (Å²) in [6.45, 7) is 0. The fraction of sp³-hybridized carbons (Fsp3) is 0. The van der Waals surface area contributed by atoms with Gasteiger partial charge >= 0.3 is 0 Å². The highest BCUT2D eigenvalue weighted by molar-refractivity contribution is 6.09. The summed E-state index contributed by atoms with van der Waals surface area (Å²) in [4.78, 5) is 10.6. The van der Waals surface area contributed by atoms with E-state index in [2.05, 4.69) is 278 Å². The van der Waals surface area contributed by atoms with Gasteiger partial charge in [0, 0.05) is 33.2 Å². The van der Waals surface area contributed by atoms with Gasteiger partial charge in [0.15, 0.2) is 5.82 Å². The molecule has 3 nitrogen and oxygen atoms in total. The molecule has 11 aromatic carbocycles. The summed E-state index contributed by atoms with van der Waals surface area (Å²) in [7, 11) is 0. The SMILES string of the molecule is c1ccc(-c2cccc(-c3cccc(-c4ccc(-c5cc(-c6cccc(-c7cccc8ccccc78)c6)nc(-c6ccc(-c7cccc(-n8c9ccccc9c9ccccc98)c7)cc6)n5)cc4)c3)c2)cc1. The van der Waals surface area contributed by atoms with Gasteiger partial charge in [-0.3, -0.25) is 0 Å². The van der Waals surface area contributed by atoms with Gasteiger partial charge in [0.1, 0.15) is 0 Å². The van der Waals surface area contributed by atoms with Crippen molar-refractivity contribution in [2.75, 3.05) is 0 Å². The normalized spacial score (nSPS) is 11.4. The van der Waals surface area contributed by atoms with Gasteiger partial charge in [-0.1, -0.05) is 224 Å². The zero-order chi connectivity index (χ0) is 47.1. The quantitative estimate of drug-likeness (QED) is 0.144. The highest BCUT2D eigenvalue weighted by Crippen LogP contribution is 2.37. The third kappa shape index (κ3) is 7.96. The predicted molar refractivity (Wildman–Crippen MR) is 297 cm³/mol. The minimum atomic E-state index is 0.674. The maximum absolute atomic E-state index is 5.32. The number of benzene rings is 11. The van der Waals surface area contributed by atoms with Crippen molar-refractivity contribution in [3.8, 4) is 95.2 Å². The van der Waals surface area contributed by atoms with E-state index >= 15 is 0 Å². The zero-order valence-corrected chi connectivity index (χ0v) is 38.8. The van der Waals surface area contributed by atoms with Crippen molar-refractivity contribution >= 4 is 32.6 Å². The van der Waals surface area contributed by atoms with E-state index in [1.165, 1.54) is 60.4 Å². The van der Waals surface area contributed by atoms with Crippen molar-refractivity contribution < 1.29 is 0 Å². The largest absolute Gasteiger partial charge is 0.309 e. The maximum Gasteiger partial charge on any atom is 0.160 e. The molecule has 0 N–H and O–H groups in total. The Morgan fingerprint density at radius 3 is 1.30 bits per heavy atom. The summed E-state index contributed by atoms with van der Waals surface area (Å²) in [6, 6.07) is 97.8. The molecule has 0 bridgehead atoms. The molecule has 0 unspecified atom stereocenters. The Balaban J connectivity index is 0.865. The Bertz CT molecular complexity index is 4030. The van der Waals surface area contributed by atoms with E-state index in [0.29, 0.717) is 5.82 Å². The third-order valence-electron chi connectivity index (χ3n) is 13.8. The summed E-state index contributed by atoms with van der Waals surface area (Å²) in [5.41, 5.74) is 20.0. The average Bonchev–Trinajstić information content (AvgIpc) is 3.80.